The number of unbranched alkanes of at least 4 members (excludes halogenated alkanes) is 2. The van der Waals surface area contributed by atoms with E-state index in [2.05, 4.69) is 0 Å². The number of imide groups is 1. The van der Waals surface area contributed by atoms with Gasteiger partial charge in [-0.15, -0.1) is 23.2 Å². The number of alkyl halides is 2. The predicted octanol–water partition coefficient (Wildman–Crippen LogP) is 5.96. The van der Waals surface area contributed by atoms with Crippen LogP contribution in [0.15, 0.2) is 72.8 Å². The van der Waals surface area contributed by atoms with E-state index in [0.29, 0.717) is 30.6 Å². The Hall–Kier alpha value is -3.68. The van der Waals surface area contributed by atoms with E-state index in [-0.39, 0.29) is 30.6 Å². The molecular formula is C34H31Cl2NO6. The first-order valence-electron chi connectivity index (χ1n) is 14.4. The van der Waals surface area contributed by atoms with Gasteiger partial charge < -0.3 is 9.47 Å². The Labute approximate surface area is 260 Å². The number of Topliss-reactive ketones (excluding diaryl/α,β-unsaturated/α-hetero) is 1. The molecule has 1 heterocycles. The fourth-order valence-electron chi connectivity index (χ4n) is 6.96. The number of hydrogen-bond acceptors (Lipinski definition) is 6. The number of carbonyl (C=O) groups excluding carboxylic acids is 4. The van der Waals surface area contributed by atoms with Crippen molar-refractivity contribution in [2.24, 2.45) is 11.8 Å². The molecule has 3 aromatic rings. The molecule has 0 radical (unpaired) electrons. The molecule has 2 bridgehead atoms. The van der Waals surface area contributed by atoms with Crippen LogP contribution < -0.4 is 4.74 Å². The van der Waals surface area contributed by atoms with Gasteiger partial charge in [0.15, 0.2) is 6.10 Å². The second-order valence-corrected chi connectivity index (χ2v) is 12.5. The molecule has 7 rings (SSSR count). The molecule has 1 saturated heterocycles. The average Bonchev–Trinajstić information content (AvgIpc) is 3.29. The summed E-state index contributed by atoms with van der Waals surface area (Å²) >= 11 is 14.9. The molecule has 4 aliphatic rings. The zero-order chi connectivity index (χ0) is 30.5. The van der Waals surface area contributed by atoms with Crippen molar-refractivity contribution in [3.63, 3.8) is 0 Å². The molecule has 222 valence electrons. The third kappa shape index (κ3) is 4.47. The van der Waals surface area contributed by atoms with Crippen LogP contribution in [0, 0.1) is 11.8 Å². The molecule has 7 nitrogen and oxygen atoms in total. The first-order valence-corrected chi connectivity index (χ1v) is 15.2. The minimum atomic E-state index is -1.19. The number of ether oxygens (including phenoxy) is 2. The number of likely N-dealkylation sites (tertiary alicyclic amines) is 1. The number of rotatable bonds is 10. The Morgan fingerprint density at radius 1 is 0.791 bits per heavy atom. The van der Waals surface area contributed by atoms with E-state index < -0.39 is 33.7 Å². The van der Waals surface area contributed by atoms with E-state index in [1.807, 2.05) is 48.5 Å². The Kier molecular flexibility index (Phi) is 7.59. The lowest BCUT2D eigenvalue weighted by molar-refractivity contribution is -0.146. The highest BCUT2D eigenvalue weighted by atomic mass is 35.5. The summed E-state index contributed by atoms with van der Waals surface area (Å²) < 4.78 is 10.5. The summed E-state index contributed by atoms with van der Waals surface area (Å²) in [5, 5.41) is 0. The number of esters is 1. The van der Waals surface area contributed by atoms with Crippen molar-refractivity contribution >= 4 is 46.8 Å². The molecule has 0 aromatic heterocycles. The predicted molar refractivity (Wildman–Crippen MR) is 161 cm³/mol. The SMILES string of the molecule is COc1ccc(C(=O)[C@@H](C)OC(=O)CCCCCN2C(=O)[C@@H]3[C@H](C2=O)C2(Cl)c4ccccc4C3(Cl)c3ccccc32)cc1. The fourth-order valence-corrected chi connectivity index (χ4v) is 8.06. The smallest absolute Gasteiger partial charge is 0.306 e. The maximum atomic E-state index is 13.9. The summed E-state index contributed by atoms with van der Waals surface area (Å²) in [5.41, 5.74) is 3.51. The van der Waals surface area contributed by atoms with Gasteiger partial charge in [0.1, 0.15) is 15.5 Å². The highest BCUT2D eigenvalue weighted by molar-refractivity contribution is 6.36. The van der Waals surface area contributed by atoms with Crippen LogP contribution >= 0.6 is 23.2 Å². The summed E-state index contributed by atoms with van der Waals surface area (Å²) in [7, 11) is 1.54. The molecule has 3 aliphatic carbocycles. The number of ketones is 1. The van der Waals surface area contributed by atoms with Crippen LogP contribution in [0.2, 0.25) is 0 Å². The largest absolute Gasteiger partial charge is 0.497 e. The lowest BCUT2D eigenvalue weighted by atomic mass is 9.54. The van der Waals surface area contributed by atoms with Gasteiger partial charge in [-0.1, -0.05) is 55.0 Å². The molecule has 2 amide bonds. The number of carbonyl (C=O) groups is 4. The van der Waals surface area contributed by atoms with E-state index in [1.54, 1.807) is 38.3 Å². The summed E-state index contributed by atoms with van der Waals surface area (Å²) in [4.78, 5) is 51.7. The second kappa shape index (κ2) is 11.1. The zero-order valence-corrected chi connectivity index (χ0v) is 25.4. The van der Waals surface area contributed by atoms with Gasteiger partial charge in [0.05, 0.1) is 18.9 Å². The van der Waals surface area contributed by atoms with Crippen molar-refractivity contribution in [1.82, 2.24) is 4.90 Å². The van der Waals surface area contributed by atoms with Crippen molar-refractivity contribution in [2.75, 3.05) is 13.7 Å². The summed E-state index contributed by atoms with van der Waals surface area (Å²) in [6.45, 7) is 1.75. The normalized spacial score (nSPS) is 25.5. The van der Waals surface area contributed by atoms with Crippen LogP contribution in [0.1, 0.15) is 65.2 Å². The molecule has 9 heteroatoms. The second-order valence-electron chi connectivity index (χ2n) is 11.3. The Morgan fingerprint density at radius 2 is 1.28 bits per heavy atom. The third-order valence-corrected chi connectivity index (χ3v) is 10.3. The van der Waals surface area contributed by atoms with Crippen molar-refractivity contribution in [2.45, 2.75) is 48.5 Å². The number of amides is 2. The zero-order valence-electron chi connectivity index (χ0n) is 23.8. The van der Waals surface area contributed by atoms with E-state index in [0.717, 1.165) is 22.3 Å². The van der Waals surface area contributed by atoms with Crippen molar-refractivity contribution < 1.29 is 28.7 Å². The lowest BCUT2D eigenvalue weighted by Crippen LogP contribution is -2.57. The maximum Gasteiger partial charge on any atom is 0.306 e. The minimum Gasteiger partial charge on any atom is -0.497 e. The van der Waals surface area contributed by atoms with Gasteiger partial charge in [0.25, 0.3) is 0 Å². The Balaban J connectivity index is 1.07. The van der Waals surface area contributed by atoms with Crippen LogP contribution in [-0.2, 0) is 28.9 Å². The Bertz CT molecular complexity index is 1500. The summed E-state index contributed by atoms with van der Waals surface area (Å²) in [5.74, 6) is -2.41. The molecule has 0 saturated carbocycles. The first-order chi connectivity index (χ1) is 20.6. The van der Waals surface area contributed by atoms with Crippen LogP contribution in [-0.4, -0.2) is 48.2 Å². The van der Waals surface area contributed by atoms with Gasteiger partial charge in [-0.25, -0.2) is 0 Å². The van der Waals surface area contributed by atoms with Gasteiger partial charge in [0, 0.05) is 18.5 Å². The maximum absolute atomic E-state index is 13.9. The summed E-state index contributed by atoms with van der Waals surface area (Å²) in [6.07, 6.45) is 0.781. The van der Waals surface area contributed by atoms with Gasteiger partial charge in [0.2, 0.25) is 17.6 Å². The van der Waals surface area contributed by atoms with Crippen LogP contribution in [0.4, 0.5) is 0 Å². The average molecular weight is 621 g/mol. The third-order valence-electron chi connectivity index (χ3n) is 8.99. The van der Waals surface area contributed by atoms with Gasteiger partial charge in [-0.2, -0.15) is 0 Å². The van der Waals surface area contributed by atoms with Crippen LogP contribution in [0.25, 0.3) is 0 Å². The molecule has 0 unspecified atom stereocenters. The number of halogens is 2. The van der Waals surface area contributed by atoms with E-state index >= 15 is 0 Å². The summed E-state index contributed by atoms with van der Waals surface area (Å²) in [6, 6.07) is 21.7. The minimum absolute atomic E-state index is 0.119. The molecule has 3 aromatic carbocycles. The highest BCUT2D eigenvalue weighted by Gasteiger charge is 2.72. The van der Waals surface area contributed by atoms with E-state index in [1.165, 1.54) is 4.90 Å². The molecule has 43 heavy (non-hydrogen) atoms. The number of methoxy groups -OCH3 is 1. The van der Waals surface area contributed by atoms with Gasteiger partial charge in [-0.05, 0) is 66.3 Å². The molecule has 0 N–H and O–H groups in total. The molecule has 3 atom stereocenters. The van der Waals surface area contributed by atoms with Crippen LogP contribution in [0.3, 0.4) is 0 Å². The number of nitrogens with zero attached hydrogens (tertiary/aromatic N) is 1. The van der Waals surface area contributed by atoms with Gasteiger partial charge in [-0.3, -0.25) is 24.1 Å². The van der Waals surface area contributed by atoms with Gasteiger partial charge >= 0.3 is 5.97 Å². The van der Waals surface area contributed by atoms with Crippen molar-refractivity contribution in [1.29, 1.82) is 0 Å². The monoisotopic (exact) mass is 619 g/mol. The van der Waals surface area contributed by atoms with Crippen molar-refractivity contribution in [3.8, 4) is 5.75 Å². The fraction of sp³-hybridized carbons (Fsp3) is 0.353. The van der Waals surface area contributed by atoms with Crippen molar-refractivity contribution in [3.05, 3.63) is 101 Å². The molecule has 1 fully saturated rings. The van der Waals surface area contributed by atoms with Crippen LogP contribution in [0.5, 0.6) is 5.75 Å². The first kappa shape index (κ1) is 29.4. The highest BCUT2D eigenvalue weighted by Crippen LogP contribution is 2.69. The topological polar surface area (TPSA) is 90.0 Å². The number of benzene rings is 3. The molecule has 1 aliphatic heterocycles. The Morgan fingerprint density at radius 3 is 1.74 bits per heavy atom. The standard InChI is InChI=1S/C34H31Cl2NO6/c1-20(30(39)21-15-17-22(42-2)18-16-21)43-27(38)14-4-3-9-19-37-31(40)28-29(32(37)41)34(36)24-11-6-5-10-23(24)33(28,35)25-12-7-8-13-26(25)34/h5-8,10-13,15-18,20,28-29H,3-4,9,14,19H2,1-2H3/t20-,28-,29+,33?,34?/m1/s1. The van der Waals surface area contributed by atoms with E-state index in [9.17, 15) is 19.2 Å². The quantitative estimate of drug-likeness (QED) is 0.0914. The lowest BCUT2D eigenvalue weighted by Gasteiger charge is -2.54. The molecular weight excluding hydrogens is 589 g/mol. The van der Waals surface area contributed by atoms with E-state index in [4.69, 9.17) is 32.7 Å². The molecule has 0 spiro atoms. The number of hydrogen-bond donors (Lipinski definition) is 0.